The fourth-order valence-electron chi connectivity index (χ4n) is 2.45. The third-order valence-corrected chi connectivity index (χ3v) is 3.43. The maximum Gasteiger partial charge on any atom is 0.134 e. The average Bonchev–Trinajstić information content (AvgIpc) is 2.91. The molecule has 0 fully saturated rings. The molecule has 4 heteroatoms. The van der Waals surface area contributed by atoms with Gasteiger partial charge in [-0.1, -0.05) is 13.0 Å². The second-order valence-electron chi connectivity index (χ2n) is 4.97. The van der Waals surface area contributed by atoms with Crippen molar-refractivity contribution in [2.75, 3.05) is 6.54 Å². The Kier molecular flexibility index (Phi) is 3.97. The van der Waals surface area contributed by atoms with E-state index in [1.807, 2.05) is 31.2 Å². The van der Waals surface area contributed by atoms with Crippen LogP contribution in [-0.4, -0.2) is 11.5 Å². The minimum absolute atomic E-state index is 0.0281. The van der Waals surface area contributed by atoms with Crippen molar-refractivity contribution < 1.29 is 8.81 Å². The molecule has 0 aliphatic rings. The van der Waals surface area contributed by atoms with Gasteiger partial charge in [-0.05, 0) is 42.9 Å². The lowest BCUT2D eigenvalue weighted by Crippen LogP contribution is -2.22. The lowest BCUT2D eigenvalue weighted by Gasteiger charge is -2.14. The Morgan fingerprint density at radius 2 is 2.14 bits per heavy atom. The van der Waals surface area contributed by atoms with Crippen LogP contribution in [0.15, 0.2) is 53.1 Å². The quantitative estimate of drug-likeness (QED) is 0.773. The van der Waals surface area contributed by atoms with Crippen LogP contribution < -0.4 is 5.32 Å². The molecule has 0 bridgehead atoms. The first kappa shape index (κ1) is 13.8. The van der Waals surface area contributed by atoms with E-state index in [2.05, 4.69) is 10.3 Å². The summed E-state index contributed by atoms with van der Waals surface area (Å²) in [6.07, 6.45) is 2.52. The largest absolute Gasteiger partial charge is 0.459 e. The molecule has 0 aliphatic carbocycles. The van der Waals surface area contributed by atoms with Gasteiger partial charge in [0.15, 0.2) is 0 Å². The lowest BCUT2D eigenvalue weighted by molar-refractivity contribution is 0.432. The van der Waals surface area contributed by atoms with Crippen molar-refractivity contribution >= 4 is 11.0 Å². The number of benzene rings is 1. The van der Waals surface area contributed by atoms with E-state index in [9.17, 15) is 4.39 Å². The number of likely N-dealkylation sites (N-methyl/N-ethyl adjacent to an activating group) is 1. The summed E-state index contributed by atoms with van der Waals surface area (Å²) in [5.74, 6) is 0.558. The number of halogens is 1. The van der Waals surface area contributed by atoms with Gasteiger partial charge in [-0.2, -0.15) is 0 Å². The summed E-state index contributed by atoms with van der Waals surface area (Å²) in [5, 5.41) is 4.18. The van der Waals surface area contributed by atoms with Crippen LogP contribution in [0.2, 0.25) is 0 Å². The maximum atomic E-state index is 13.3. The summed E-state index contributed by atoms with van der Waals surface area (Å²) in [6.45, 7) is 2.87. The molecule has 0 spiro atoms. The molecule has 1 atom stereocenters. The van der Waals surface area contributed by atoms with E-state index < -0.39 is 0 Å². The summed E-state index contributed by atoms with van der Waals surface area (Å²) in [4.78, 5) is 4.35. The maximum absolute atomic E-state index is 13.3. The van der Waals surface area contributed by atoms with E-state index in [-0.39, 0.29) is 11.9 Å². The number of nitrogens with one attached hydrogen (secondary N) is 1. The van der Waals surface area contributed by atoms with Crippen LogP contribution in [0.25, 0.3) is 11.0 Å². The zero-order valence-corrected chi connectivity index (χ0v) is 11.8. The number of pyridine rings is 1. The van der Waals surface area contributed by atoms with E-state index in [1.165, 1.54) is 12.1 Å². The van der Waals surface area contributed by atoms with Crippen LogP contribution in [0.3, 0.4) is 0 Å². The molecular formula is C17H17FN2O. The monoisotopic (exact) mass is 284 g/mol. The summed E-state index contributed by atoms with van der Waals surface area (Å²) in [6, 6.07) is 12.4. The van der Waals surface area contributed by atoms with Gasteiger partial charge in [0.05, 0.1) is 6.04 Å². The van der Waals surface area contributed by atoms with Crippen molar-refractivity contribution in [1.82, 2.24) is 10.3 Å². The summed E-state index contributed by atoms with van der Waals surface area (Å²) < 4.78 is 19.1. The zero-order chi connectivity index (χ0) is 14.7. The van der Waals surface area contributed by atoms with E-state index >= 15 is 0 Å². The number of rotatable bonds is 5. The minimum Gasteiger partial charge on any atom is -0.459 e. The highest BCUT2D eigenvalue weighted by atomic mass is 19.1. The van der Waals surface area contributed by atoms with Gasteiger partial charge in [0.25, 0.3) is 0 Å². The molecule has 1 aromatic carbocycles. The fourth-order valence-corrected chi connectivity index (χ4v) is 2.45. The Labute approximate surface area is 122 Å². The van der Waals surface area contributed by atoms with Crippen molar-refractivity contribution in [1.29, 1.82) is 0 Å². The molecule has 0 radical (unpaired) electrons. The number of hydrogen-bond donors (Lipinski definition) is 1. The second-order valence-corrected chi connectivity index (χ2v) is 4.97. The summed E-state index contributed by atoms with van der Waals surface area (Å²) >= 11 is 0. The Bertz CT molecular complexity index is 724. The molecule has 0 saturated heterocycles. The van der Waals surface area contributed by atoms with Gasteiger partial charge in [0.1, 0.15) is 17.2 Å². The van der Waals surface area contributed by atoms with Crippen molar-refractivity contribution in [3.8, 4) is 0 Å². The second kappa shape index (κ2) is 6.06. The number of furan rings is 1. The van der Waals surface area contributed by atoms with Crippen LogP contribution in [0.4, 0.5) is 4.39 Å². The van der Waals surface area contributed by atoms with E-state index in [0.717, 1.165) is 29.8 Å². The Morgan fingerprint density at radius 1 is 1.24 bits per heavy atom. The minimum atomic E-state index is -0.250. The zero-order valence-electron chi connectivity index (χ0n) is 11.8. The summed E-state index contributed by atoms with van der Waals surface area (Å²) in [7, 11) is 0. The molecule has 108 valence electrons. The Balaban J connectivity index is 1.91. The van der Waals surface area contributed by atoms with Crippen molar-refractivity contribution in [2.45, 2.75) is 19.4 Å². The third kappa shape index (κ3) is 3.11. The molecule has 0 saturated carbocycles. The first-order valence-electron chi connectivity index (χ1n) is 7.08. The Hall–Kier alpha value is -2.20. The normalized spacial score (nSPS) is 12.7. The standard InChI is InChI=1S/C17H17FN2O/c1-2-19-15(11-14-5-3-4-8-20-14)17-10-12-9-13(18)6-7-16(12)21-17/h3-10,15,19H,2,11H2,1H3. The predicted octanol–water partition coefficient (Wildman–Crippen LogP) is 3.86. The van der Waals surface area contributed by atoms with Crippen molar-refractivity contribution in [3.63, 3.8) is 0 Å². The van der Waals surface area contributed by atoms with Crippen LogP contribution in [0, 0.1) is 5.82 Å². The number of aromatic nitrogens is 1. The van der Waals surface area contributed by atoms with Gasteiger partial charge in [0, 0.05) is 23.7 Å². The average molecular weight is 284 g/mol. The molecule has 2 heterocycles. The molecule has 1 unspecified atom stereocenters. The first-order valence-corrected chi connectivity index (χ1v) is 7.08. The van der Waals surface area contributed by atoms with Gasteiger partial charge < -0.3 is 9.73 Å². The lowest BCUT2D eigenvalue weighted by atomic mass is 10.1. The molecule has 3 nitrogen and oxygen atoms in total. The number of hydrogen-bond acceptors (Lipinski definition) is 3. The van der Waals surface area contributed by atoms with Crippen LogP contribution in [0.5, 0.6) is 0 Å². The summed E-state index contributed by atoms with van der Waals surface area (Å²) in [5.41, 5.74) is 1.70. The number of nitrogens with zero attached hydrogens (tertiary/aromatic N) is 1. The van der Waals surface area contributed by atoms with Crippen LogP contribution >= 0.6 is 0 Å². The molecule has 1 N–H and O–H groups in total. The molecule has 3 rings (SSSR count). The molecule has 3 aromatic rings. The molecular weight excluding hydrogens is 267 g/mol. The smallest absolute Gasteiger partial charge is 0.134 e. The van der Waals surface area contributed by atoms with Gasteiger partial charge in [0.2, 0.25) is 0 Å². The van der Waals surface area contributed by atoms with Crippen LogP contribution in [0.1, 0.15) is 24.4 Å². The highest BCUT2D eigenvalue weighted by Gasteiger charge is 2.17. The van der Waals surface area contributed by atoms with Crippen molar-refractivity contribution in [2.24, 2.45) is 0 Å². The molecule has 2 aromatic heterocycles. The fraction of sp³-hybridized carbons (Fsp3) is 0.235. The molecule has 0 aliphatic heterocycles. The molecule has 0 amide bonds. The predicted molar refractivity (Wildman–Crippen MR) is 80.5 cm³/mol. The van der Waals surface area contributed by atoms with Gasteiger partial charge >= 0.3 is 0 Å². The number of fused-ring (bicyclic) bond motifs is 1. The highest BCUT2D eigenvalue weighted by molar-refractivity contribution is 5.78. The van der Waals surface area contributed by atoms with E-state index in [1.54, 1.807) is 12.3 Å². The van der Waals surface area contributed by atoms with E-state index in [0.29, 0.717) is 5.58 Å². The Morgan fingerprint density at radius 3 is 2.90 bits per heavy atom. The first-order chi connectivity index (χ1) is 10.3. The van der Waals surface area contributed by atoms with Crippen LogP contribution in [-0.2, 0) is 6.42 Å². The van der Waals surface area contributed by atoms with E-state index in [4.69, 9.17) is 4.42 Å². The molecule has 21 heavy (non-hydrogen) atoms. The van der Waals surface area contributed by atoms with Crippen molar-refractivity contribution in [3.05, 3.63) is 65.9 Å². The van der Waals surface area contributed by atoms with Gasteiger partial charge in [-0.25, -0.2) is 4.39 Å². The van der Waals surface area contributed by atoms with Gasteiger partial charge in [-0.3, -0.25) is 4.98 Å². The highest BCUT2D eigenvalue weighted by Crippen LogP contribution is 2.26. The topological polar surface area (TPSA) is 38.1 Å². The SMILES string of the molecule is CCNC(Cc1ccccn1)c1cc2cc(F)ccc2o1. The van der Waals surface area contributed by atoms with Gasteiger partial charge in [-0.15, -0.1) is 0 Å². The third-order valence-electron chi connectivity index (χ3n) is 3.43.